The number of carbonyl (C=O) groups is 1. The fraction of sp³-hybridized carbons (Fsp3) is 0.450. The van der Waals surface area contributed by atoms with Crippen LogP contribution in [0, 0.1) is 5.82 Å². The van der Waals surface area contributed by atoms with Crippen molar-refractivity contribution in [2.45, 2.75) is 38.2 Å². The van der Waals surface area contributed by atoms with Gasteiger partial charge in [-0.25, -0.2) is 18.7 Å². The number of aryl methyl sites for hydroxylation is 1. The quantitative estimate of drug-likeness (QED) is 0.773. The molecule has 28 heavy (non-hydrogen) atoms. The molecule has 1 saturated heterocycles. The highest BCUT2D eigenvalue weighted by Crippen LogP contribution is 2.27. The molecule has 0 bridgehead atoms. The van der Waals surface area contributed by atoms with Crippen molar-refractivity contribution in [1.29, 1.82) is 0 Å². The molecule has 0 radical (unpaired) electrons. The van der Waals surface area contributed by atoms with Gasteiger partial charge in [0.05, 0.1) is 14.3 Å². The topological polar surface area (TPSA) is 58.1 Å². The first-order valence-electron chi connectivity index (χ1n) is 14.7. The maximum absolute atomic E-state index is 17.0. The summed E-state index contributed by atoms with van der Waals surface area (Å²) < 4.78 is 145. The van der Waals surface area contributed by atoms with Gasteiger partial charge >= 0.3 is 0 Å². The molecule has 0 aliphatic carbocycles. The molecule has 1 aliphatic rings. The third-order valence-corrected chi connectivity index (χ3v) is 3.69. The zero-order valence-corrected chi connectivity index (χ0v) is 15.0. The molecule has 1 aromatic heterocycles. The third kappa shape index (κ3) is 5.02. The first-order valence-corrected chi connectivity index (χ1v) is 8.10. The molecule has 0 atom stereocenters. The average molecular weight is 423 g/mol. The first kappa shape index (κ1) is 9.13. The summed E-state index contributed by atoms with van der Waals surface area (Å²) in [7, 11) is 0. The minimum Gasteiger partial charge on any atom is -0.338 e. The van der Waals surface area contributed by atoms with Gasteiger partial charge in [-0.05, 0) is 30.1 Å². The number of halogens is 3. The third-order valence-electron chi connectivity index (χ3n) is 3.40. The highest BCUT2D eigenvalue weighted by Gasteiger charge is 2.36. The van der Waals surface area contributed by atoms with Gasteiger partial charge in [-0.2, -0.15) is 0 Å². The molecule has 1 amide bonds. The average Bonchev–Trinajstić information content (AvgIpc) is 2.82. The van der Waals surface area contributed by atoms with E-state index in [1.54, 1.807) is 0 Å². The van der Waals surface area contributed by atoms with Gasteiger partial charge in [0.2, 0.25) is 0 Å². The van der Waals surface area contributed by atoms with Crippen molar-refractivity contribution in [3.05, 3.63) is 58.4 Å². The highest BCUT2D eigenvalue weighted by molar-refractivity contribution is 6.31. The van der Waals surface area contributed by atoms with Gasteiger partial charge in [-0.3, -0.25) is 4.79 Å². The number of alkyl halides is 1. The number of nitrogens with one attached hydrogen (secondary N) is 1. The van der Waals surface area contributed by atoms with E-state index in [4.69, 9.17) is 30.8 Å². The molecule has 1 aromatic carbocycles. The number of nitrogens with zero attached hydrogens (tertiary/aromatic N) is 3. The summed E-state index contributed by atoms with van der Waals surface area (Å²) in [5.74, 6) is -3.75. The lowest BCUT2D eigenvalue weighted by Crippen LogP contribution is -2.48. The Kier molecular flexibility index (Phi) is 2.91. The highest BCUT2D eigenvalue weighted by atomic mass is 35.5. The van der Waals surface area contributed by atoms with Crippen molar-refractivity contribution in [3.63, 3.8) is 0 Å². The van der Waals surface area contributed by atoms with Crippen molar-refractivity contribution in [1.82, 2.24) is 20.2 Å². The summed E-state index contributed by atoms with van der Waals surface area (Å²) in [6.07, 6.45) is -9.23. The molecule has 2 aromatic rings. The standard InChI is InChI=1S/C20H23ClF2N4O/c1-2-14-10-25-18(26-11-14)12-24-13-20(23)5-7-27(8-6-20)19(28)15-3-4-17(22)16(21)9-15/h3-4,9-11,24H,2,5-8,12-13H2,1H3/i2D2,5D2,6D2,7D2,8D2,12D2,13D2. The van der Waals surface area contributed by atoms with Gasteiger partial charge in [0.25, 0.3) is 5.91 Å². The maximum Gasteiger partial charge on any atom is 0.253 e. The molecule has 1 aliphatic heterocycles. The lowest BCUT2D eigenvalue weighted by atomic mass is 9.92. The Balaban J connectivity index is 2.16. The minimum absolute atomic E-state index is 0.124. The van der Waals surface area contributed by atoms with Crippen molar-refractivity contribution < 1.29 is 32.8 Å². The van der Waals surface area contributed by atoms with Gasteiger partial charge in [0.1, 0.15) is 17.3 Å². The fourth-order valence-corrected chi connectivity index (χ4v) is 2.12. The molecule has 3 rings (SSSR count). The van der Waals surface area contributed by atoms with E-state index >= 15 is 4.39 Å². The molecule has 0 spiro atoms. The molecule has 2 heterocycles. The van der Waals surface area contributed by atoms with E-state index in [0.29, 0.717) is 18.2 Å². The predicted molar refractivity (Wildman–Crippen MR) is 104 cm³/mol. The van der Waals surface area contributed by atoms with E-state index < -0.39 is 83.8 Å². The Morgan fingerprint density at radius 3 is 2.68 bits per heavy atom. The van der Waals surface area contributed by atoms with Crippen molar-refractivity contribution in [2.24, 2.45) is 0 Å². The number of rotatable bonds is 6. The van der Waals surface area contributed by atoms with Gasteiger partial charge in [0.15, 0.2) is 0 Å². The first-order chi connectivity index (χ1) is 18.6. The number of hydrogen-bond donors (Lipinski definition) is 1. The van der Waals surface area contributed by atoms with Gasteiger partial charge in [-0.15, -0.1) is 0 Å². The molecular weight excluding hydrogens is 386 g/mol. The van der Waals surface area contributed by atoms with Crippen LogP contribution < -0.4 is 5.32 Å². The molecule has 8 heteroatoms. The number of hydrogen-bond acceptors (Lipinski definition) is 4. The van der Waals surface area contributed by atoms with Gasteiger partial charge in [0, 0.05) is 66.6 Å². The smallest absolute Gasteiger partial charge is 0.253 e. The molecule has 0 unspecified atom stereocenters. The second-order valence-electron chi connectivity index (χ2n) is 5.32. The number of carbonyl (C=O) groups excluding carboxylic acids is 1. The second kappa shape index (κ2) is 8.92. The molecule has 1 N–H and O–H groups in total. The molecule has 0 saturated carbocycles. The largest absolute Gasteiger partial charge is 0.338 e. The lowest BCUT2D eigenvalue weighted by Gasteiger charge is -2.36. The molecule has 1 fully saturated rings. The SMILES string of the molecule is [2H]C([2H])(C)c1cnc(C([2H])([2H])NC([2H])([2H])C2(F)C([2H])([2H])C([2H])([2H])N(C(=O)c3ccc(F)c(Cl)c3)C([2H])([2H])C2([2H])[2H])nc1. The van der Waals surface area contributed by atoms with Crippen molar-refractivity contribution in [3.8, 4) is 0 Å². The number of amides is 1. The monoisotopic (exact) mass is 422 g/mol. The summed E-state index contributed by atoms with van der Waals surface area (Å²) >= 11 is 5.64. The van der Waals surface area contributed by atoms with E-state index in [0.717, 1.165) is 19.3 Å². The Hall–Kier alpha value is -2.12. The van der Waals surface area contributed by atoms with E-state index in [1.165, 1.54) is 5.32 Å². The summed E-state index contributed by atoms with van der Waals surface area (Å²) in [6, 6.07) is 1.97. The fourth-order valence-electron chi connectivity index (χ4n) is 1.94. The van der Waals surface area contributed by atoms with Crippen LogP contribution >= 0.6 is 11.6 Å². The predicted octanol–water partition coefficient (Wildman–Crippen LogP) is 3.57. The van der Waals surface area contributed by atoms with Crippen LogP contribution in [0.4, 0.5) is 8.78 Å². The summed E-state index contributed by atoms with van der Waals surface area (Å²) in [5, 5.41) is 0.708. The van der Waals surface area contributed by atoms with Crippen LogP contribution in [-0.2, 0) is 12.9 Å². The normalized spacial score (nSPS) is 32.4. The number of aromatic nitrogens is 2. The molecular formula is C20H23ClF2N4O. The van der Waals surface area contributed by atoms with Gasteiger partial charge in [-0.1, -0.05) is 18.5 Å². The van der Waals surface area contributed by atoms with Crippen LogP contribution in [0.3, 0.4) is 0 Å². The second-order valence-corrected chi connectivity index (χ2v) is 5.73. The maximum atomic E-state index is 17.0. The van der Waals surface area contributed by atoms with E-state index in [1.807, 2.05) is 0 Å². The Morgan fingerprint density at radius 2 is 2.07 bits per heavy atom. The van der Waals surface area contributed by atoms with Crippen LogP contribution in [0.2, 0.25) is 5.02 Å². The van der Waals surface area contributed by atoms with Crippen LogP contribution in [0.25, 0.3) is 0 Å². The summed E-state index contributed by atoms with van der Waals surface area (Å²) in [6.45, 7) is -14.9. The van der Waals surface area contributed by atoms with Crippen LogP contribution in [-0.4, -0.2) is 45.9 Å². The van der Waals surface area contributed by atoms with E-state index in [-0.39, 0.29) is 5.56 Å². The Morgan fingerprint density at radius 1 is 1.39 bits per heavy atom. The Labute approximate surface area is 187 Å². The lowest BCUT2D eigenvalue weighted by molar-refractivity contribution is 0.0434. The van der Waals surface area contributed by atoms with Crippen LogP contribution in [0.1, 0.15) is 60.6 Å². The minimum atomic E-state index is -4.94. The number of piperidine rings is 1. The molecule has 5 nitrogen and oxygen atoms in total. The van der Waals surface area contributed by atoms with Gasteiger partial charge < -0.3 is 10.2 Å². The summed E-state index contributed by atoms with van der Waals surface area (Å²) in [4.78, 5) is 19.8. The molecule has 150 valence electrons. The van der Waals surface area contributed by atoms with Crippen LogP contribution in [0.5, 0.6) is 0 Å². The van der Waals surface area contributed by atoms with E-state index in [9.17, 15) is 9.18 Å². The summed E-state index contributed by atoms with van der Waals surface area (Å²) in [5.41, 5.74) is -5.80. The number of likely N-dealkylation sites (tertiary alicyclic amines) is 1. The Bertz CT molecular complexity index is 1360. The number of benzene rings is 1. The van der Waals surface area contributed by atoms with Crippen molar-refractivity contribution in [2.75, 3.05) is 19.5 Å². The van der Waals surface area contributed by atoms with E-state index in [2.05, 4.69) is 9.97 Å². The van der Waals surface area contributed by atoms with Crippen LogP contribution in [0.15, 0.2) is 30.6 Å². The zero-order chi connectivity index (χ0) is 32.7. The van der Waals surface area contributed by atoms with Crippen molar-refractivity contribution >= 4 is 17.5 Å². The zero-order valence-electron chi connectivity index (χ0n) is 28.3.